The number of hydrogen-bond donors (Lipinski definition) is 2. The Bertz CT molecular complexity index is 550. The standard InChI is InChI=1S/C14H23N3O2S/c1-4-11(2)12-5-7-13(8-6-12)17-14(15)16-9-10-20(3,18)19/h5-8,11H,4,9-10H2,1-3H3,(H3,15,16,17). The molecule has 20 heavy (non-hydrogen) atoms. The summed E-state index contributed by atoms with van der Waals surface area (Å²) in [5, 5.41) is 2.95. The molecule has 0 heterocycles. The van der Waals surface area contributed by atoms with E-state index in [2.05, 4.69) is 36.3 Å². The van der Waals surface area contributed by atoms with Crippen molar-refractivity contribution in [3.05, 3.63) is 29.8 Å². The van der Waals surface area contributed by atoms with Crippen molar-refractivity contribution < 1.29 is 8.42 Å². The molecule has 1 unspecified atom stereocenters. The lowest BCUT2D eigenvalue weighted by atomic mass is 9.99. The zero-order chi connectivity index (χ0) is 15.2. The van der Waals surface area contributed by atoms with Gasteiger partial charge in [0.25, 0.3) is 0 Å². The molecule has 1 atom stereocenters. The number of aliphatic imine (C=N–C) groups is 1. The Balaban J connectivity index is 2.57. The molecule has 3 N–H and O–H groups in total. The summed E-state index contributed by atoms with van der Waals surface area (Å²) in [6.45, 7) is 4.51. The van der Waals surface area contributed by atoms with E-state index in [1.807, 2.05) is 12.1 Å². The highest BCUT2D eigenvalue weighted by Gasteiger charge is 2.03. The van der Waals surface area contributed by atoms with E-state index in [4.69, 9.17) is 5.73 Å². The maximum atomic E-state index is 11.0. The van der Waals surface area contributed by atoms with Crippen LogP contribution in [0.3, 0.4) is 0 Å². The number of anilines is 1. The van der Waals surface area contributed by atoms with Crippen molar-refractivity contribution in [1.29, 1.82) is 0 Å². The van der Waals surface area contributed by atoms with E-state index >= 15 is 0 Å². The van der Waals surface area contributed by atoms with Crippen LogP contribution in [0.5, 0.6) is 0 Å². The van der Waals surface area contributed by atoms with Gasteiger partial charge in [-0.1, -0.05) is 26.0 Å². The molecule has 0 bridgehead atoms. The van der Waals surface area contributed by atoms with Gasteiger partial charge in [-0.15, -0.1) is 0 Å². The number of sulfone groups is 1. The average Bonchev–Trinajstić information content (AvgIpc) is 2.37. The number of nitrogens with zero attached hydrogens (tertiary/aromatic N) is 1. The molecule has 0 aliphatic rings. The van der Waals surface area contributed by atoms with Gasteiger partial charge in [-0.2, -0.15) is 0 Å². The Morgan fingerprint density at radius 2 is 1.95 bits per heavy atom. The van der Waals surface area contributed by atoms with E-state index in [1.54, 1.807) is 0 Å². The SMILES string of the molecule is CCC(C)c1ccc(NC(N)=NCCS(C)(=O)=O)cc1. The Kier molecular flexibility index (Phi) is 6.01. The molecule has 0 saturated heterocycles. The average molecular weight is 297 g/mol. The first kappa shape index (κ1) is 16.5. The molecular weight excluding hydrogens is 274 g/mol. The highest BCUT2D eigenvalue weighted by Crippen LogP contribution is 2.20. The van der Waals surface area contributed by atoms with E-state index in [9.17, 15) is 8.42 Å². The first-order chi connectivity index (χ1) is 9.31. The van der Waals surface area contributed by atoms with Gasteiger partial charge < -0.3 is 11.1 Å². The first-order valence-corrected chi connectivity index (χ1v) is 8.72. The third-order valence-electron chi connectivity index (χ3n) is 3.11. The maximum Gasteiger partial charge on any atom is 0.193 e. The first-order valence-electron chi connectivity index (χ1n) is 6.66. The fourth-order valence-electron chi connectivity index (χ4n) is 1.65. The summed E-state index contributed by atoms with van der Waals surface area (Å²) in [5.41, 5.74) is 7.83. The second-order valence-corrected chi connectivity index (χ2v) is 7.21. The molecular formula is C14H23N3O2S. The number of nitrogens with two attached hydrogens (primary N) is 1. The van der Waals surface area contributed by atoms with Crippen molar-refractivity contribution in [2.75, 3.05) is 23.9 Å². The highest BCUT2D eigenvalue weighted by molar-refractivity contribution is 7.90. The van der Waals surface area contributed by atoms with Crippen LogP contribution < -0.4 is 11.1 Å². The zero-order valence-electron chi connectivity index (χ0n) is 12.3. The smallest absolute Gasteiger partial charge is 0.193 e. The minimum absolute atomic E-state index is 0.00231. The predicted octanol–water partition coefficient (Wildman–Crippen LogP) is 1.97. The van der Waals surface area contributed by atoms with Crippen LogP contribution in [-0.2, 0) is 9.84 Å². The molecule has 6 heteroatoms. The number of nitrogens with one attached hydrogen (secondary N) is 1. The minimum atomic E-state index is -3.00. The zero-order valence-corrected chi connectivity index (χ0v) is 13.1. The molecule has 112 valence electrons. The minimum Gasteiger partial charge on any atom is -0.370 e. The Labute approximate surface area is 121 Å². The van der Waals surface area contributed by atoms with Crippen LogP contribution in [0.2, 0.25) is 0 Å². The summed E-state index contributed by atoms with van der Waals surface area (Å²) in [6.07, 6.45) is 2.28. The number of benzene rings is 1. The Morgan fingerprint density at radius 3 is 2.45 bits per heavy atom. The lowest BCUT2D eigenvalue weighted by Gasteiger charge is -2.10. The van der Waals surface area contributed by atoms with Gasteiger partial charge in [-0.05, 0) is 30.0 Å². The van der Waals surface area contributed by atoms with E-state index < -0.39 is 9.84 Å². The summed E-state index contributed by atoms with van der Waals surface area (Å²) < 4.78 is 21.9. The molecule has 0 saturated carbocycles. The summed E-state index contributed by atoms with van der Waals surface area (Å²) in [4.78, 5) is 3.98. The topological polar surface area (TPSA) is 84.5 Å². The lowest BCUT2D eigenvalue weighted by molar-refractivity contribution is 0.601. The molecule has 5 nitrogen and oxygen atoms in total. The van der Waals surface area contributed by atoms with Crippen LogP contribution in [0.25, 0.3) is 0 Å². The molecule has 0 aromatic heterocycles. The van der Waals surface area contributed by atoms with Crippen molar-refractivity contribution in [2.24, 2.45) is 10.7 Å². The largest absolute Gasteiger partial charge is 0.370 e. The molecule has 0 fully saturated rings. The highest BCUT2D eigenvalue weighted by atomic mass is 32.2. The van der Waals surface area contributed by atoms with Crippen LogP contribution in [0, 0.1) is 0 Å². The van der Waals surface area contributed by atoms with Crippen molar-refractivity contribution >= 4 is 21.5 Å². The van der Waals surface area contributed by atoms with Gasteiger partial charge in [-0.3, -0.25) is 4.99 Å². The molecule has 0 aliphatic heterocycles. The lowest BCUT2D eigenvalue weighted by Crippen LogP contribution is -2.23. The number of rotatable bonds is 6. The van der Waals surface area contributed by atoms with E-state index in [1.165, 1.54) is 11.8 Å². The summed E-state index contributed by atoms with van der Waals surface area (Å²) >= 11 is 0. The summed E-state index contributed by atoms with van der Waals surface area (Å²) in [6, 6.07) is 8.00. The Hall–Kier alpha value is -1.56. The quantitative estimate of drug-likeness (QED) is 0.621. The van der Waals surface area contributed by atoms with Gasteiger partial charge in [-0.25, -0.2) is 8.42 Å². The molecule has 0 aliphatic carbocycles. The molecule has 0 radical (unpaired) electrons. The number of guanidine groups is 1. The third-order valence-corrected chi connectivity index (χ3v) is 4.03. The molecule has 1 aromatic rings. The van der Waals surface area contributed by atoms with E-state index in [0.29, 0.717) is 5.92 Å². The summed E-state index contributed by atoms with van der Waals surface area (Å²) in [7, 11) is -3.00. The summed E-state index contributed by atoms with van der Waals surface area (Å²) in [5.74, 6) is 0.761. The molecule has 0 spiro atoms. The van der Waals surface area contributed by atoms with Crippen LogP contribution in [0.15, 0.2) is 29.3 Å². The van der Waals surface area contributed by atoms with Gasteiger partial charge in [0.05, 0.1) is 12.3 Å². The number of hydrogen-bond acceptors (Lipinski definition) is 3. The second kappa shape index (κ2) is 7.28. The van der Waals surface area contributed by atoms with Gasteiger partial charge in [0.15, 0.2) is 5.96 Å². The fraction of sp³-hybridized carbons (Fsp3) is 0.500. The molecule has 1 rings (SSSR count). The molecule has 1 aromatic carbocycles. The fourth-order valence-corrected chi connectivity index (χ4v) is 2.07. The van der Waals surface area contributed by atoms with Gasteiger partial charge in [0.1, 0.15) is 9.84 Å². The van der Waals surface area contributed by atoms with Crippen LogP contribution in [0.1, 0.15) is 31.7 Å². The van der Waals surface area contributed by atoms with Crippen LogP contribution in [0.4, 0.5) is 5.69 Å². The van der Waals surface area contributed by atoms with E-state index in [-0.39, 0.29) is 18.3 Å². The maximum absolute atomic E-state index is 11.0. The van der Waals surface area contributed by atoms with Crippen molar-refractivity contribution in [1.82, 2.24) is 0 Å². The Morgan fingerprint density at radius 1 is 1.35 bits per heavy atom. The van der Waals surface area contributed by atoms with Gasteiger partial charge in [0.2, 0.25) is 0 Å². The predicted molar refractivity (Wildman–Crippen MR) is 85.0 cm³/mol. The van der Waals surface area contributed by atoms with Crippen molar-refractivity contribution in [2.45, 2.75) is 26.2 Å². The van der Waals surface area contributed by atoms with Gasteiger partial charge >= 0.3 is 0 Å². The van der Waals surface area contributed by atoms with Crippen molar-refractivity contribution in [3.8, 4) is 0 Å². The molecule has 0 amide bonds. The monoisotopic (exact) mass is 297 g/mol. The van der Waals surface area contributed by atoms with E-state index in [0.717, 1.165) is 12.1 Å². The second-order valence-electron chi connectivity index (χ2n) is 4.95. The van der Waals surface area contributed by atoms with Gasteiger partial charge in [0, 0.05) is 11.9 Å². The van der Waals surface area contributed by atoms with Crippen LogP contribution in [-0.4, -0.2) is 32.9 Å². The van der Waals surface area contributed by atoms with Crippen LogP contribution >= 0.6 is 0 Å². The van der Waals surface area contributed by atoms with Crippen molar-refractivity contribution in [3.63, 3.8) is 0 Å². The normalized spacial score (nSPS) is 14.1. The third kappa shape index (κ3) is 6.06.